The Labute approximate surface area is 140 Å². The summed E-state index contributed by atoms with van der Waals surface area (Å²) in [4.78, 5) is 2.17. The summed E-state index contributed by atoms with van der Waals surface area (Å²) in [5.41, 5.74) is 2.22. The van der Waals surface area contributed by atoms with Crippen LogP contribution in [0, 0.1) is 0 Å². The lowest BCUT2D eigenvalue weighted by Gasteiger charge is -2.31. The summed E-state index contributed by atoms with van der Waals surface area (Å²) in [6.07, 6.45) is 0. The van der Waals surface area contributed by atoms with Gasteiger partial charge in [-0.3, -0.25) is 0 Å². The number of fused-ring (bicyclic) bond motifs is 1. The molecule has 1 heterocycles. The number of hydrogen-bond donors (Lipinski definition) is 1. The number of para-hydroxylation sites is 1. The molecular formula is C20H17NO3. The number of ether oxygens (including phenoxy) is 2. The highest BCUT2D eigenvalue weighted by Gasteiger charge is 2.18. The van der Waals surface area contributed by atoms with E-state index in [1.807, 2.05) is 36.4 Å². The van der Waals surface area contributed by atoms with Crippen LogP contribution in [0.3, 0.4) is 0 Å². The van der Waals surface area contributed by atoms with Crippen molar-refractivity contribution in [2.75, 3.05) is 11.6 Å². The third-order valence-corrected chi connectivity index (χ3v) is 3.96. The number of nitrogens with zero attached hydrogens (tertiary/aromatic N) is 1. The van der Waals surface area contributed by atoms with Gasteiger partial charge in [0.1, 0.15) is 23.0 Å². The molecule has 3 aromatic rings. The Balaban J connectivity index is 1.55. The Morgan fingerprint density at radius 1 is 0.875 bits per heavy atom. The minimum Gasteiger partial charge on any atom is -0.508 e. The lowest BCUT2D eigenvalue weighted by molar-refractivity contribution is 0.288. The molecule has 4 rings (SSSR count). The summed E-state index contributed by atoms with van der Waals surface area (Å²) < 4.78 is 11.7. The standard InChI is InChI=1S/C20H17NO3/c22-17-6-8-18(9-7-17)24-19-10-11-20-15(12-19)13-21(14-23-20)16-4-2-1-3-5-16/h1-12,22H,13-14H2. The molecular weight excluding hydrogens is 302 g/mol. The number of aromatic hydroxyl groups is 1. The van der Waals surface area contributed by atoms with Gasteiger partial charge >= 0.3 is 0 Å². The molecule has 0 radical (unpaired) electrons. The van der Waals surface area contributed by atoms with Crippen molar-refractivity contribution in [1.82, 2.24) is 0 Å². The first-order valence-corrected chi connectivity index (χ1v) is 7.80. The van der Waals surface area contributed by atoms with Crippen LogP contribution in [-0.4, -0.2) is 11.8 Å². The van der Waals surface area contributed by atoms with Gasteiger partial charge in [-0.05, 0) is 54.6 Å². The van der Waals surface area contributed by atoms with Gasteiger partial charge in [-0.25, -0.2) is 0 Å². The molecule has 0 atom stereocenters. The molecule has 4 nitrogen and oxygen atoms in total. The van der Waals surface area contributed by atoms with Gasteiger partial charge in [0.05, 0.1) is 0 Å². The van der Waals surface area contributed by atoms with Crippen molar-refractivity contribution in [3.8, 4) is 23.0 Å². The van der Waals surface area contributed by atoms with Gasteiger partial charge < -0.3 is 19.5 Å². The van der Waals surface area contributed by atoms with Gasteiger partial charge in [0.25, 0.3) is 0 Å². The summed E-state index contributed by atoms with van der Waals surface area (Å²) in [6, 6.07) is 22.7. The van der Waals surface area contributed by atoms with E-state index in [9.17, 15) is 5.11 Å². The fourth-order valence-electron chi connectivity index (χ4n) is 2.74. The van der Waals surface area contributed by atoms with Gasteiger partial charge in [0.15, 0.2) is 6.73 Å². The molecule has 120 valence electrons. The Hall–Kier alpha value is -3.14. The van der Waals surface area contributed by atoms with Crippen molar-refractivity contribution in [3.05, 3.63) is 78.4 Å². The normalized spacial score (nSPS) is 13.1. The predicted molar refractivity (Wildman–Crippen MR) is 92.7 cm³/mol. The maximum atomic E-state index is 9.34. The largest absolute Gasteiger partial charge is 0.508 e. The molecule has 0 fully saturated rings. The molecule has 1 aliphatic rings. The van der Waals surface area contributed by atoms with E-state index < -0.39 is 0 Å². The Kier molecular flexibility index (Phi) is 3.71. The van der Waals surface area contributed by atoms with Gasteiger partial charge in [-0.2, -0.15) is 0 Å². The van der Waals surface area contributed by atoms with Crippen LogP contribution in [0.2, 0.25) is 0 Å². The number of phenols is 1. The zero-order valence-corrected chi connectivity index (χ0v) is 13.1. The third-order valence-electron chi connectivity index (χ3n) is 3.96. The summed E-state index contributed by atoms with van der Waals surface area (Å²) in [6.45, 7) is 1.31. The lowest BCUT2D eigenvalue weighted by Crippen LogP contribution is -2.31. The zero-order chi connectivity index (χ0) is 16.4. The fraction of sp³-hybridized carbons (Fsp3) is 0.100. The second kappa shape index (κ2) is 6.16. The van der Waals surface area contributed by atoms with Crippen LogP contribution >= 0.6 is 0 Å². The third kappa shape index (κ3) is 2.99. The second-order valence-electron chi connectivity index (χ2n) is 5.67. The number of anilines is 1. The van der Waals surface area contributed by atoms with E-state index in [1.54, 1.807) is 24.3 Å². The molecule has 0 unspecified atom stereocenters. The predicted octanol–water partition coefficient (Wildman–Crippen LogP) is 4.54. The first-order chi connectivity index (χ1) is 11.8. The van der Waals surface area contributed by atoms with Crippen LogP contribution in [0.15, 0.2) is 72.8 Å². The van der Waals surface area contributed by atoms with Gasteiger partial charge in [-0.15, -0.1) is 0 Å². The molecule has 1 N–H and O–H groups in total. The molecule has 3 aromatic carbocycles. The van der Waals surface area contributed by atoms with Crippen LogP contribution in [0.4, 0.5) is 5.69 Å². The summed E-state index contributed by atoms with van der Waals surface area (Å²) in [5, 5.41) is 9.34. The number of hydrogen-bond acceptors (Lipinski definition) is 4. The van der Waals surface area contributed by atoms with Gasteiger partial charge in [-0.1, -0.05) is 18.2 Å². The molecule has 0 amide bonds. The van der Waals surface area contributed by atoms with E-state index in [2.05, 4.69) is 17.0 Å². The molecule has 0 aliphatic carbocycles. The van der Waals surface area contributed by atoms with E-state index in [1.165, 1.54) is 0 Å². The smallest absolute Gasteiger partial charge is 0.161 e. The average Bonchev–Trinajstić information content (AvgIpc) is 2.64. The molecule has 1 aliphatic heterocycles. The quantitative estimate of drug-likeness (QED) is 0.769. The molecule has 0 saturated carbocycles. The van der Waals surface area contributed by atoms with Crippen molar-refractivity contribution in [3.63, 3.8) is 0 Å². The molecule has 0 aromatic heterocycles. The highest BCUT2D eigenvalue weighted by atomic mass is 16.5. The molecule has 0 spiro atoms. The Morgan fingerprint density at radius 2 is 1.62 bits per heavy atom. The SMILES string of the molecule is Oc1ccc(Oc2ccc3c(c2)CN(c2ccccc2)CO3)cc1. The fourth-order valence-corrected chi connectivity index (χ4v) is 2.74. The van der Waals surface area contributed by atoms with E-state index in [4.69, 9.17) is 9.47 Å². The number of benzene rings is 3. The first-order valence-electron chi connectivity index (χ1n) is 7.80. The van der Waals surface area contributed by atoms with Crippen LogP contribution in [0.1, 0.15) is 5.56 Å². The molecule has 24 heavy (non-hydrogen) atoms. The summed E-state index contributed by atoms with van der Waals surface area (Å²) >= 11 is 0. The van der Waals surface area contributed by atoms with Crippen LogP contribution in [-0.2, 0) is 6.54 Å². The molecule has 0 saturated heterocycles. The maximum Gasteiger partial charge on any atom is 0.161 e. The van der Waals surface area contributed by atoms with Gasteiger partial charge in [0.2, 0.25) is 0 Å². The van der Waals surface area contributed by atoms with Gasteiger partial charge in [0, 0.05) is 17.8 Å². The van der Waals surface area contributed by atoms with E-state index >= 15 is 0 Å². The minimum absolute atomic E-state index is 0.222. The monoisotopic (exact) mass is 319 g/mol. The highest BCUT2D eigenvalue weighted by molar-refractivity contribution is 5.51. The van der Waals surface area contributed by atoms with E-state index in [-0.39, 0.29) is 5.75 Å². The van der Waals surface area contributed by atoms with Crippen molar-refractivity contribution in [1.29, 1.82) is 0 Å². The number of phenolic OH excluding ortho intramolecular Hbond substituents is 1. The number of rotatable bonds is 3. The maximum absolute atomic E-state index is 9.34. The van der Waals surface area contributed by atoms with Crippen molar-refractivity contribution in [2.24, 2.45) is 0 Å². The van der Waals surface area contributed by atoms with Crippen LogP contribution in [0.5, 0.6) is 23.0 Å². The van der Waals surface area contributed by atoms with Crippen molar-refractivity contribution < 1.29 is 14.6 Å². The van der Waals surface area contributed by atoms with Crippen LogP contribution < -0.4 is 14.4 Å². The first kappa shape index (κ1) is 14.5. The molecule has 4 heteroatoms. The Bertz CT molecular complexity index is 831. The molecule has 0 bridgehead atoms. The Morgan fingerprint density at radius 3 is 2.42 bits per heavy atom. The second-order valence-corrected chi connectivity index (χ2v) is 5.67. The van der Waals surface area contributed by atoms with E-state index in [0.717, 1.165) is 29.3 Å². The van der Waals surface area contributed by atoms with E-state index in [0.29, 0.717) is 12.5 Å². The topological polar surface area (TPSA) is 41.9 Å². The lowest BCUT2D eigenvalue weighted by atomic mass is 10.1. The minimum atomic E-state index is 0.222. The van der Waals surface area contributed by atoms with Crippen molar-refractivity contribution in [2.45, 2.75) is 6.54 Å². The average molecular weight is 319 g/mol. The summed E-state index contributed by atoms with van der Waals surface area (Å²) in [5.74, 6) is 2.54. The van der Waals surface area contributed by atoms with Crippen LogP contribution in [0.25, 0.3) is 0 Å². The van der Waals surface area contributed by atoms with Crippen molar-refractivity contribution >= 4 is 5.69 Å². The highest BCUT2D eigenvalue weighted by Crippen LogP contribution is 2.33. The summed E-state index contributed by atoms with van der Waals surface area (Å²) in [7, 11) is 0. The zero-order valence-electron chi connectivity index (χ0n) is 13.1.